The highest BCUT2D eigenvalue weighted by Crippen LogP contribution is 2.35. The van der Waals surface area contributed by atoms with Crippen LogP contribution in [0.15, 0.2) is 97.1 Å². The third-order valence-electron chi connectivity index (χ3n) is 8.49. The van der Waals surface area contributed by atoms with Crippen molar-refractivity contribution < 1.29 is 9.47 Å². The monoisotopic (exact) mass is 716 g/mol. The lowest BCUT2D eigenvalue weighted by Crippen LogP contribution is -2.10. The van der Waals surface area contributed by atoms with E-state index in [4.69, 9.17) is 26.0 Å². The molecule has 0 bridgehead atoms. The van der Waals surface area contributed by atoms with Crippen molar-refractivity contribution in [2.75, 3.05) is 0 Å². The van der Waals surface area contributed by atoms with Crippen LogP contribution >= 0.6 is 22.7 Å². The van der Waals surface area contributed by atoms with Gasteiger partial charge in [0.15, 0.2) is 0 Å². The van der Waals surface area contributed by atoms with Crippen LogP contribution in [0.1, 0.15) is 37.7 Å². The average Bonchev–Trinajstić information content (AvgIpc) is 3.93. The molecule has 0 unspecified atom stereocenters. The number of thiazole rings is 2. The van der Waals surface area contributed by atoms with Crippen molar-refractivity contribution in [2.45, 2.75) is 39.9 Å². The predicted octanol–water partition coefficient (Wildman–Crippen LogP) is 9.42. The smallest absolute Gasteiger partial charge is 0.245 e. The molecule has 0 aliphatic rings. The third-order valence-corrected chi connectivity index (χ3v) is 10.6. The highest BCUT2D eigenvalue weighted by Gasteiger charge is 2.24. The van der Waals surface area contributed by atoms with Crippen LogP contribution in [0.5, 0.6) is 11.5 Å². The Kier molecular flexibility index (Phi) is 8.56. The van der Waals surface area contributed by atoms with E-state index in [2.05, 4.69) is 20.9 Å². The Morgan fingerprint density at radius 3 is 1.62 bits per heavy atom. The maximum Gasteiger partial charge on any atom is 0.245 e. The number of ether oxygens (including phenoxy) is 2. The van der Waals surface area contributed by atoms with Gasteiger partial charge in [-0.1, -0.05) is 24.3 Å². The zero-order valence-electron chi connectivity index (χ0n) is 28.8. The van der Waals surface area contributed by atoms with Crippen LogP contribution in [0.2, 0.25) is 0 Å². The number of fused-ring (bicyclic) bond motifs is 3. The molecule has 0 radical (unpaired) electrons. The molecule has 10 heteroatoms. The normalized spacial score (nSPS) is 12.8. The number of benzene rings is 4. The minimum atomic E-state index is 0.0250. The third kappa shape index (κ3) is 5.98. The second kappa shape index (κ2) is 13.5. The molecule has 0 aliphatic heterocycles. The number of hydrogen-bond donors (Lipinski definition) is 2. The lowest BCUT2D eigenvalue weighted by Gasteiger charge is -2.10. The van der Waals surface area contributed by atoms with E-state index in [-0.39, 0.29) is 12.2 Å². The van der Waals surface area contributed by atoms with Gasteiger partial charge in [0.2, 0.25) is 5.70 Å². The number of rotatable bonds is 8. The van der Waals surface area contributed by atoms with Crippen LogP contribution in [0.4, 0.5) is 0 Å². The van der Waals surface area contributed by atoms with Crippen LogP contribution in [0.25, 0.3) is 69.8 Å². The molecule has 0 atom stereocenters. The topological polar surface area (TPSA) is 104 Å². The minimum absolute atomic E-state index is 0.0250. The zero-order chi connectivity index (χ0) is 35.9. The Morgan fingerprint density at radius 2 is 1.13 bits per heavy atom. The lowest BCUT2D eigenvalue weighted by molar-refractivity contribution is 0.242. The molecule has 52 heavy (non-hydrogen) atoms. The number of nitrogens with zero attached hydrogens (tertiary/aromatic N) is 4. The summed E-state index contributed by atoms with van der Waals surface area (Å²) in [7, 11) is 0. The number of hydrogen-bond acceptors (Lipinski definition) is 7. The first kappa shape index (κ1) is 33.0. The predicted molar refractivity (Wildman–Crippen MR) is 211 cm³/mol. The maximum absolute atomic E-state index is 10.9. The highest BCUT2D eigenvalue weighted by molar-refractivity contribution is 7.20. The van der Waals surface area contributed by atoms with E-state index in [1.165, 1.54) is 22.7 Å². The van der Waals surface area contributed by atoms with Gasteiger partial charge >= 0.3 is 0 Å². The first-order chi connectivity index (χ1) is 25.3. The molecule has 0 aliphatic carbocycles. The zero-order valence-corrected chi connectivity index (χ0v) is 30.4. The fourth-order valence-electron chi connectivity index (χ4n) is 6.37. The van der Waals surface area contributed by atoms with Gasteiger partial charge in [-0.25, -0.2) is 14.8 Å². The van der Waals surface area contributed by atoms with E-state index in [1.807, 2.05) is 125 Å². The standard InChI is InChI=1S/C42H32N6O2S2/c1-23(2)49-27-18-14-25(15-19-27)36-34-35(39(48-36)40(44-5)42-46-31-11-7-9-13-33(31)52-42)37(26-16-20-28(21-17-26)50-24(3)4)47-38(34)29(22-43)41-45-30-10-6-8-12-32(30)51-41/h6-21,23-24,47-48H,1-4H3. The second-order valence-electron chi connectivity index (χ2n) is 12.8. The van der Waals surface area contributed by atoms with Crippen LogP contribution in [-0.2, 0) is 0 Å². The van der Waals surface area contributed by atoms with Crippen molar-refractivity contribution in [3.05, 3.63) is 129 Å². The summed E-state index contributed by atoms with van der Waals surface area (Å²) in [5.41, 5.74) is 5.72. The van der Waals surface area contributed by atoms with E-state index in [0.717, 1.165) is 65.2 Å². The summed E-state index contributed by atoms with van der Waals surface area (Å²) in [5.74, 6) is 1.50. The summed E-state index contributed by atoms with van der Waals surface area (Å²) in [5, 5.41) is 14.9. The molecular formula is C42H32N6O2S2. The molecule has 0 fully saturated rings. The van der Waals surface area contributed by atoms with Gasteiger partial charge in [0, 0.05) is 10.8 Å². The first-order valence-electron chi connectivity index (χ1n) is 16.9. The fraction of sp³-hybridized carbons (Fsp3) is 0.143. The summed E-state index contributed by atoms with van der Waals surface area (Å²) in [4.78, 5) is 21.3. The van der Waals surface area contributed by atoms with Gasteiger partial charge in [-0.2, -0.15) is 5.26 Å². The number of aromatic amines is 2. The molecule has 4 aromatic heterocycles. The van der Waals surface area contributed by atoms with Gasteiger partial charge in [0.25, 0.3) is 0 Å². The molecule has 0 spiro atoms. The summed E-state index contributed by atoms with van der Waals surface area (Å²) >= 11 is 2.96. The summed E-state index contributed by atoms with van der Waals surface area (Å²) in [6.45, 7) is 16.5. The summed E-state index contributed by atoms with van der Waals surface area (Å²) in [6.07, 6.45) is 0.0501. The lowest BCUT2D eigenvalue weighted by atomic mass is 10.0. The van der Waals surface area contributed by atoms with Crippen molar-refractivity contribution in [3.8, 4) is 40.1 Å². The quantitative estimate of drug-likeness (QED) is 0.153. The van der Waals surface area contributed by atoms with Gasteiger partial charge in [0.1, 0.15) is 33.2 Å². The number of nitrogens with one attached hydrogen (secondary N) is 2. The largest absolute Gasteiger partial charge is 0.491 e. The molecule has 4 heterocycles. The molecule has 254 valence electrons. The van der Waals surface area contributed by atoms with Crippen molar-refractivity contribution in [1.82, 2.24) is 19.9 Å². The van der Waals surface area contributed by atoms with Gasteiger partial charge < -0.3 is 19.4 Å². The molecular weight excluding hydrogens is 685 g/mol. The van der Waals surface area contributed by atoms with E-state index >= 15 is 0 Å². The van der Waals surface area contributed by atoms with Crippen molar-refractivity contribution >= 4 is 65.1 Å². The van der Waals surface area contributed by atoms with Crippen molar-refractivity contribution in [1.29, 1.82) is 5.26 Å². The number of para-hydroxylation sites is 2. The van der Waals surface area contributed by atoms with Gasteiger partial charge in [-0.3, -0.25) is 0 Å². The van der Waals surface area contributed by atoms with Crippen LogP contribution in [-0.4, -0.2) is 32.1 Å². The van der Waals surface area contributed by atoms with Crippen molar-refractivity contribution in [3.63, 3.8) is 0 Å². The fourth-order valence-corrected chi connectivity index (χ4v) is 8.30. The number of H-pyrrole nitrogens is 2. The van der Waals surface area contributed by atoms with Crippen LogP contribution < -0.4 is 20.2 Å². The Bertz CT molecular complexity index is 2560. The molecule has 2 N–H and O–H groups in total. The molecule has 8 aromatic rings. The Hall–Kier alpha value is -6.20. The number of nitriles is 1. The maximum atomic E-state index is 10.9. The summed E-state index contributed by atoms with van der Waals surface area (Å²) in [6, 6.07) is 34.1. The van der Waals surface area contributed by atoms with Gasteiger partial charge in [0.05, 0.1) is 61.3 Å². The average molecular weight is 717 g/mol. The van der Waals surface area contributed by atoms with E-state index in [9.17, 15) is 5.26 Å². The molecule has 0 saturated heterocycles. The highest BCUT2D eigenvalue weighted by atomic mass is 32.1. The van der Waals surface area contributed by atoms with Gasteiger partial charge in [-0.15, -0.1) is 22.7 Å². The molecule has 0 saturated carbocycles. The molecule has 8 rings (SSSR count). The summed E-state index contributed by atoms with van der Waals surface area (Å²) < 4.78 is 13.9. The molecule has 4 aromatic carbocycles. The van der Waals surface area contributed by atoms with Gasteiger partial charge in [-0.05, 0) is 112 Å². The Morgan fingerprint density at radius 1 is 0.673 bits per heavy atom. The Balaban J connectivity index is 1.51. The number of aromatic nitrogens is 4. The van der Waals surface area contributed by atoms with E-state index in [0.29, 0.717) is 32.0 Å². The first-order valence-corrected chi connectivity index (χ1v) is 18.5. The Labute approximate surface area is 307 Å². The van der Waals surface area contributed by atoms with E-state index < -0.39 is 0 Å². The molecule has 0 amide bonds. The molecule has 8 nitrogen and oxygen atoms in total. The SMILES string of the molecule is [C-]#[N+]C(c1nc2ccccc2s1)=c1[nH]c(-c2ccc(OC(C)C)cc2)c2c(=C(C#N)c3nc4ccccc4s3)[nH]c(-c3ccc(OC(C)C)cc3)c12. The van der Waals surface area contributed by atoms with Crippen LogP contribution in [0.3, 0.4) is 0 Å². The van der Waals surface area contributed by atoms with Crippen LogP contribution in [0, 0.1) is 17.9 Å². The van der Waals surface area contributed by atoms with E-state index in [1.54, 1.807) is 0 Å². The minimum Gasteiger partial charge on any atom is -0.491 e. The second-order valence-corrected chi connectivity index (χ2v) is 14.9. The van der Waals surface area contributed by atoms with Crippen molar-refractivity contribution in [2.24, 2.45) is 0 Å².